The Kier molecular flexibility index (Phi) is 6.36. The maximum atomic E-state index is 12.5. The number of fused-ring (bicyclic) bond motifs is 1. The maximum absolute atomic E-state index is 12.5. The van der Waals surface area contributed by atoms with Crippen molar-refractivity contribution in [3.8, 4) is 11.5 Å². The van der Waals surface area contributed by atoms with Crippen LogP contribution in [0.4, 0.5) is 0 Å². The molecule has 0 saturated heterocycles. The SMILES string of the molecule is COc1ccc(OC)c([C@@H](C)NC(=O)CSc2nc3cc(Cl)ccc3n2C)c1. The second-order valence-corrected chi connectivity index (χ2v) is 7.65. The number of nitrogens with one attached hydrogen (secondary N) is 1. The van der Waals surface area contributed by atoms with Gasteiger partial charge in [-0.2, -0.15) is 0 Å². The molecule has 0 fully saturated rings. The van der Waals surface area contributed by atoms with Crippen LogP contribution in [0, 0.1) is 0 Å². The van der Waals surface area contributed by atoms with Crippen molar-refractivity contribution in [3.63, 3.8) is 0 Å². The number of nitrogens with zero attached hydrogens (tertiary/aromatic N) is 2. The lowest BCUT2D eigenvalue weighted by atomic mass is 10.1. The van der Waals surface area contributed by atoms with Crippen molar-refractivity contribution in [2.24, 2.45) is 7.05 Å². The van der Waals surface area contributed by atoms with Crippen molar-refractivity contribution in [2.45, 2.75) is 18.1 Å². The minimum absolute atomic E-state index is 0.0903. The first kappa shape index (κ1) is 20.4. The van der Waals surface area contributed by atoms with Gasteiger partial charge in [-0.1, -0.05) is 23.4 Å². The average molecular weight is 420 g/mol. The summed E-state index contributed by atoms with van der Waals surface area (Å²) in [5, 5.41) is 4.40. The van der Waals surface area contributed by atoms with E-state index in [9.17, 15) is 4.79 Å². The van der Waals surface area contributed by atoms with Crippen LogP contribution in [0.2, 0.25) is 5.02 Å². The Bertz CT molecular complexity index is 1010. The second kappa shape index (κ2) is 8.75. The fraction of sp³-hybridized carbons (Fsp3) is 0.300. The van der Waals surface area contributed by atoms with Gasteiger partial charge in [-0.25, -0.2) is 4.98 Å². The molecule has 1 N–H and O–H groups in total. The first-order valence-electron chi connectivity index (χ1n) is 8.69. The number of carbonyl (C=O) groups is 1. The number of imidazole rings is 1. The van der Waals surface area contributed by atoms with Crippen molar-refractivity contribution >= 4 is 40.3 Å². The lowest BCUT2D eigenvalue weighted by molar-refractivity contribution is -0.119. The summed E-state index contributed by atoms with van der Waals surface area (Å²) in [5.41, 5.74) is 2.65. The molecule has 0 spiro atoms. The van der Waals surface area contributed by atoms with Crippen molar-refractivity contribution in [1.29, 1.82) is 0 Å². The van der Waals surface area contributed by atoms with Gasteiger partial charge in [0.1, 0.15) is 11.5 Å². The molecule has 148 valence electrons. The first-order chi connectivity index (χ1) is 13.4. The lowest BCUT2D eigenvalue weighted by Crippen LogP contribution is -2.28. The molecule has 0 saturated carbocycles. The number of amides is 1. The van der Waals surface area contributed by atoms with Gasteiger partial charge >= 0.3 is 0 Å². The van der Waals surface area contributed by atoms with E-state index in [4.69, 9.17) is 21.1 Å². The molecule has 0 aliphatic carbocycles. The Morgan fingerprint density at radius 2 is 2.04 bits per heavy atom. The van der Waals surface area contributed by atoms with Crippen LogP contribution in [-0.2, 0) is 11.8 Å². The van der Waals surface area contributed by atoms with Crippen LogP contribution in [0.1, 0.15) is 18.5 Å². The Labute approximate surface area is 173 Å². The summed E-state index contributed by atoms with van der Waals surface area (Å²) in [5.74, 6) is 1.58. The monoisotopic (exact) mass is 419 g/mol. The van der Waals surface area contributed by atoms with E-state index in [0.29, 0.717) is 16.5 Å². The van der Waals surface area contributed by atoms with Crippen molar-refractivity contribution < 1.29 is 14.3 Å². The zero-order valence-electron chi connectivity index (χ0n) is 16.2. The van der Waals surface area contributed by atoms with E-state index in [0.717, 1.165) is 21.8 Å². The summed E-state index contributed by atoms with van der Waals surface area (Å²) in [7, 11) is 5.14. The summed E-state index contributed by atoms with van der Waals surface area (Å²) < 4.78 is 12.6. The Hall–Kier alpha value is -2.38. The normalized spacial score (nSPS) is 12.0. The third-order valence-corrected chi connectivity index (χ3v) is 5.68. The molecule has 0 aliphatic rings. The highest BCUT2D eigenvalue weighted by Crippen LogP contribution is 2.29. The fourth-order valence-corrected chi connectivity index (χ4v) is 3.91. The zero-order valence-corrected chi connectivity index (χ0v) is 17.7. The fourth-order valence-electron chi connectivity index (χ4n) is 2.95. The van der Waals surface area contributed by atoms with Gasteiger partial charge in [0.05, 0.1) is 37.0 Å². The number of ether oxygens (including phenoxy) is 2. The van der Waals surface area contributed by atoms with Crippen LogP contribution in [0.15, 0.2) is 41.6 Å². The standard InChI is InChI=1S/C20H22ClN3O3S/c1-12(15-10-14(26-3)6-8-18(15)27-4)22-19(25)11-28-20-23-16-9-13(21)5-7-17(16)24(20)2/h5-10,12H,11H2,1-4H3,(H,22,25)/t12-/m1/s1. The number of halogens is 1. The molecule has 3 rings (SSSR count). The number of carbonyl (C=O) groups excluding carboxylic acids is 1. The summed E-state index contributed by atoms with van der Waals surface area (Å²) in [4.78, 5) is 17.0. The quantitative estimate of drug-likeness (QED) is 0.581. The number of aromatic nitrogens is 2. The summed E-state index contributed by atoms with van der Waals surface area (Å²) >= 11 is 7.41. The number of aryl methyl sites for hydroxylation is 1. The van der Waals surface area contributed by atoms with Crippen LogP contribution >= 0.6 is 23.4 Å². The van der Waals surface area contributed by atoms with E-state index >= 15 is 0 Å². The van der Waals surface area contributed by atoms with E-state index in [1.807, 2.05) is 54.9 Å². The third-order valence-electron chi connectivity index (χ3n) is 4.42. The van der Waals surface area contributed by atoms with Crippen molar-refractivity contribution in [3.05, 3.63) is 47.0 Å². The van der Waals surface area contributed by atoms with Gasteiger partial charge < -0.3 is 19.4 Å². The largest absolute Gasteiger partial charge is 0.497 e. The van der Waals surface area contributed by atoms with E-state index < -0.39 is 0 Å². The minimum Gasteiger partial charge on any atom is -0.497 e. The highest BCUT2D eigenvalue weighted by atomic mass is 35.5. The van der Waals surface area contributed by atoms with Crippen LogP contribution in [0.3, 0.4) is 0 Å². The summed E-state index contributed by atoms with van der Waals surface area (Å²) in [6, 6.07) is 10.9. The Morgan fingerprint density at radius 1 is 1.25 bits per heavy atom. The van der Waals surface area contributed by atoms with Gasteiger partial charge in [-0.15, -0.1) is 0 Å². The first-order valence-corrected chi connectivity index (χ1v) is 10.1. The number of hydrogen-bond donors (Lipinski definition) is 1. The molecule has 2 aromatic carbocycles. The van der Waals surface area contributed by atoms with E-state index in [1.54, 1.807) is 14.2 Å². The van der Waals surface area contributed by atoms with E-state index in [-0.39, 0.29) is 17.7 Å². The highest BCUT2D eigenvalue weighted by molar-refractivity contribution is 7.99. The Morgan fingerprint density at radius 3 is 2.75 bits per heavy atom. The second-order valence-electron chi connectivity index (χ2n) is 6.27. The van der Waals surface area contributed by atoms with Gasteiger partial charge in [0.25, 0.3) is 0 Å². The van der Waals surface area contributed by atoms with E-state index in [2.05, 4.69) is 10.3 Å². The number of rotatable bonds is 7. The molecular weight excluding hydrogens is 398 g/mol. The number of thioether (sulfide) groups is 1. The zero-order chi connectivity index (χ0) is 20.3. The van der Waals surface area contributed by atoms with Gasteiger partial charge in [-0.05, 0) is 43.3 Å². The Balaban J connectivity index is 1.67. The molecule has 1 atom stereocenters. The predicted molar refractivity (Wildman–Crippen MR) is 113 cm³/mol. The molecular formula is C20H22ClN3O3S. The van der Waals surface area contributed by atoms with Crippen LogP contribution in [-0.4, -0.2) is 35.4 Å². The predicted octanol–water partition coefficient (Wildman–Crippen LogP) is 4.21. The lowest BCUT2D eigenvalue weighted by Gasteiger charge is -2.18. The number of benzene rings is 2. The summed E-state index contributed by atoms with van der Waals surface area (Å²) in [6.45, 7) is 1.91. The van der Waals surface area contributed by atoms with Crippen LogP contribution in [0.25, 0.3) is 11.0 Å². The van der Waals surface area contributed by atoms with Crippen LogP contribution < -0.4 is 14.8 Å². The molecule has 28 heavy (non-hydrogen) atoms. The van der Waals surface area contributed by atoms with Crippen molar-refractivity contribution in [1.82, 2.24) is 14.9 Å². The van der Waals surface area contributed by atoms with Gasteiger partial charge in [0.15, 0.2) is 5.16 Å². The molecule has 1 heterocycles. The van der Waals surface area contributed by atoms with E-state index in [1.165, 1.54) is 11.8 Å². The minimum atomic E-state index is -0.225. The molecule has 0 radical (unpaired) electrons. The molecule has 0 aliphatic heterocycles. The number of hydrogen-bond acceptors (Lipinski definition) is 5. The molecule has 0 bridgehead atoms. The third kappa shape index (κ3) is 4.36. The summed E-state index contributed by atoms with van der Waals surface area (Å²) in [6.07, 6.45) is 0. The van der Waals surface area contributed by atoms with Gasteiger partial charge in [0, 0.05) is 17.6 Å². The number of methoxy groups -OCH3 is 2. The molecule has 0 unspecified atom stereocenters. The molecule has 1 aromatic heterocycles. The highest BCUT2D eigenvalue weighted by Gasteiger charge is 2.17. The maximum Gasteiger partial charge on any atom is 0.230 e. The van der Waals surface area contributed by atoms with Gasteiger partial charge in [-0.3, -0.25) is 4.79 Å². The van der Waals surface area contributed by atoms with Crippen LogP contribution in [0.5, 0.6) is 11.5 Å². The topological polar surface area (TPSA) is 65.4 Å². The van der Waals surface area contributed by atoms with Crippen molar-refractivity contribution in [2.75, 3.05) is 20.0 Å². The molecule has 8 heteroatoms. The average Bonchev–Trinajstić information content (AvgIpc) is 3.00. The molecule has 3 aromatic rings. The van der Waals surface area contributed by atoms with Gasteiger partial charge in [0.2, 0.25) is 5.91 Å². The molecule has 1 amide bonds. The smallest absolute Gasteiger partial charge is 0.230 e. The molecule has 6 nitrogen and oxygen atoms in total.